The fourth-order valence-corrected chi connectivity index (χ4v) is 3.68. The van der Waals surface area contributed by atoms with E-state index in [1.54, 1.807) is 6.20 Å². The van der Waals surface area contributed by atoms with Crippen molar-refractivity contribution in [3.63, 3.8) is 0 Å². The van der Waals surface area contributed by atoms with Crippen LogP contribution in [0.25, 0.3) is 0 Å². The quantitative estimate of drug-likeness (QED) is 0.929. The number of likely N-dealkylation sites (tertiary alicyclic amines) is 1. The summed E-state index contributed by atoms with van der Waals surface area (Å²) in [6.45, 7) is 5.20. The Bertz CT molecular complexity index is 541. The van der Waals surface area contributed by atoms with E-state index in [-0.39, 0.29) is 17.9 Å². The highest BCUT2D eigenvalue weighted by atomic mass is 16.3. The van der Waals surface area contributed by atoms with Crippen molar-refractivity contribution < 1.29 is 9.90 Å². The number of hydrogen-bond donors (Lipinski definition) is 1. The lowest BCUT2D eigenvalue weighted by Gasteiger charge is -2.35. The van der Waals surface area contributed by atoms with Crippen molar-refractivity contribution in [3.05, 3.63) is 23.9 Å². The predicted octanol–water partition coefficient (Wildman–Crippen LogP) is 2.30. The molecule has 0 aromatic carbocycles. The number of pyridine rings is 1. The normalized spacial score (nSPS) is 23.7. The van der Waals surface area contributed by atoms with Crippen LogP contribution in [0.2, 0.25) is 0 Å². The third kappa shape index (κ3) is 3.66. The highest BCUT2D eigenvalue weighted by Gasteiger charge is 2.29. The molecule has 2 aliphatic rings. The van der Waals surface area contributed by atoms with Crippen LogP contribution in [0.1, 0.15) is 49.4 Å². The summed E-state index contributed by atoms with van der Waals surface area (Å²) in [7, 11) is 0. The number of nitrogens with zero attached hydrogens (tertiary/aromatic N) is 3. The van der Waals surface area contributed by atoms with Gasteiger partial charge >= 0.3 is 0 Å². The van der Waals surface area contributed by atoms with Gasteiger partial charge in [-0.25, -0.2) is 4.98 Å². The Hall–Kier alpha value is -1.62. The van der Waals surface area contributed by atoms with E-state index in [9.17, 15) is 9.90 Å². The lowest BCUT2D eigenvalue weighted by atomic mass is 9.93. The first-order valence-corrected chi connectivity index (χ1v) is 8.84. The molecule has 2 atom stereocenters. The van der Waals surface area contributed by atoms with Crippen LogP contribution >= 0.6 is 0 Å². The number of aliphatic hydroxyl groups is 1. The minimum absolute atomic E-state index is 0.0593. The topological polar surface area (TPSA) is 56.7 Å². The van der Waals surface area contributed by atoms with E-state index in [0.717, 1.165) is 51.1 Å². The van der Waals surface area contributed by atoms with Gasteiger partial charge in [0.05, 0.1) is 11.7 Å². The molecule has 5 heteroatoms. The van der Waals surface area contributed by atoms with Crippen LogP contribution in [0.15, 0.2) is 18.3 Å². The van der Waals surface area contributed by atoms with Crippen molar-refractivity contribution >= 4 is 11.7 Å². The molecule has 3 rings (SSSR count). The van der Waals surface area contributed by atoms with E-state index in [2.05, 4.69) is 9.88 Å². The van der Waals surface area contributed by atoms with Crippen LogP contribution in [0.5, 0.6) is 0 Å². The van der Waals surface area contributed by atoms with Crippen molar-refractivity contribution in [1.82, 2.24) is 9.88 Å². The zero-order chi connectivity index (χ0) is 16.2. The standard InChI is InChI=1S/C18H27N3O2/c1-14(22)15-7-6-12-21(13-15)18(23)16-8-5-9-19-17(16)20-10-3-2-4-11-20/h5,8-9,14-15,22H,2-4,6-7,10-13H2,1H3. The number of carbonyl (C=O) groups excluding carboxylic acids is 1. The van der Waals surface area contributed by atoms with Gasteiger partial charge in [-0.3, -0.25) is 4.79 Å². The van der Waals surface area contributed by atoms with Gasteiger partial charge in [0, 0.05) is 38.3 Å². The highest BCUT2D eigenvalue weighted by molar-refractivity contribution is 5.99. The number of hydrogen-bond acceptors (Lipinski definition) is 4. The van der Waals surface area contributed by atoms with Gasteiger partial charge in [-0.2, -0.15) is 0 Å². The molecule has 1 amide bonds. The third-order valence-corrected chi connectivity index (χ3v) is 5.10. The van der Waals surface area contributed by atoms with E-state index in [1.165, 1.54) is 6.42 Å². The molecule has 5 nitrogen and oxygen atoms in total. The van der Waals surface area contributed by atoms with Crippen LogP contribution in [-0.2, 0) is 0 Å². The maximum absolute atomic E-state index is 13.0. The van der Waals surface area contributed by atoms with Crippen molar-refractivity contribution in [3.8, 4) is 0 Å². The summed E-state index contributed by atoms with van der Waals surface area (Å²) >= 11 is 0. The van der Waals surface area contributed by atoms with Crippen LogP contribution in [0.4, 0.5) is 5.82 Å². The molecule has 0 spiro atoms. The molecular weight excluding hydrogens is 290 g/mol. The van der Waals surface area contributed by atoms with Gasteiger partial charge in [0.1, 0.15) is 5.82 Å². The molecule has 2 aliphatic heterocycles. The maximum atomic E-state index is 13.0. The van der Waals surface area contributed by atoms with Gasteiger partial charge < -0.3 is 14.9 Å². The summed E-state index contributed by atoms with van der Waals surface area (Å²) in [6.07, 6.45) is 6.95. The first-order chi connectivity index (χ1) is 11.2. The number of carbonyl (C=O) groups is 1. The molecule has 2 unspecified atom stereocenters. The van der Waals surface area contributed by atoms with E-state index in [1.807, 2.05) is 24.0 Å². The SMILES string of the molecule is CC(O)C1CCCN(C(=O)c2cccnc2N2CCCCC2)C1. The Morgan fingerprint density at radius 1 is 1.26 bits per heavy atom. The second kappa shape index (κ2) is 7.30. The monoisotopic (exact) mass is 317 g/mol. The number of anilines is 1. The number of piperidine rings is 2. The van der Waals surface area contributed by atoms with Gasteiger partial charge in [0.25, 0.3) is 5.91 Å². The van der Waals surface area contributed by atoms with E-state index in [0.29, 0.717) is 12.1 Å². The molecule has 2 fully saturated rings. The van der Waals surface area contributed by atoms with Gasteiger partial charge in [0.15, 0.2) is 0 Å². The van der Waals surface area contributed by atoms with Crippen molar-refractivity contribution in [1.29, 1.82) is 0 Å². The second-order valence-electron chi connectivity index (χ2n) is 6.82. The van der Waals surface area contributed by atoms with Crippen LogP contribution in [-0.4, -0.2) is 53.2 Å². The Balaban J connectivity index is 1.79. The molecule has 1 aromatic heterocycles. The van der Waals surface area contributed by atoms with Gasteiger partial charge in [-0.1, -0.05) is 0 Å². The van der Waals surface area contributed by atoms with E-state index in [4.69, 9.17) is 0 Å². The third-order valence-electron chi connectivity index (χ3n) is 5.10. The molecule has 23 heavy (non-hydrogen) atoms. The first-order valence-electron chi connectivity index (χ1n) is 8.84. The number of aromatic nitrogens is 1. The molecule has 126 valence electrons. The van der Waals surface area contributed by atoms with Crippen LogP contribution < -0.4 is 4.90 Å². The average Bonchev–Trinajstić information content (AvgIpc) is 2.62. The Morgan fingerprint density at radius 2 is 2.04 bits per heavy atom. The molecule has 0 aliphatic carbocycles. The van der Waals surface area contributed by atoms with E-state index < -0.39 is 0 Å². The summed E-state index contributed by atoms with van der Waals surface area (Å²) in [5.41, 5.74) is 0.709. The van der Waals surface area contributed by atoms with Crippen LogP contribution in [0.3, 0.4) is 0 Å². The first kappa shape index (κ1) is 16.2. The number of amides is 1. The van der Waals surface area contributed by atoms with Gasteiger partial charge in [-0.15, -0.1) is 0 Å². The molecule has 0 saturated carbocycles. The number of aliphatic hydroxyl groups excluding tert-OH is 1. The molecule has 1 N–H and O–H groups in total. The molecular formula is C18H27N3O2. The second-order valence-corrected chi connectivity index (χ2v) is 6.82. The summed E-state index contributed by atoms with van der Waals surface area (Å²) in [5.74, 6) is 1.07. The highest BCUT2D eigenvalue weighted by Crippen LogP contribution is 2.26. The van der Waals surface area contributed by atoms with E-state index >= 15 is 0 Å². The predicted molar refractivity (Wildman–Crippen MR) is 90.6 cm³/mol. The van der Waals surface area contributed by atoms with Crippen molar-refractivity contribution in [2.24, 2.45) is 5.92 Å². The lowest BCUT2D eigenvalue weighted by Crippen LogP contribution is -2.43. The zero-order valence-electron chi connectivity index (χ0n) is 13.9. The summed E-state index contributed by atoms with van der Waals surface area (Å²) in [5, 5.41) is 9.85. The molecule has 0 radical (unpaired) electrons. The molecule has 0 bridgehead atoms. The largest absolute Gasteiger partial charge is 0.393 e. The maximum Gasteiger partial charge on any atom is 0.257 e. The Kier molecular flexibility index (Phi) is 5.16. The fraction of sp³-hybridized carbons (Fsp3) is 0.667. The minimum atomic E-state index is -0.360. The summed E-state index contributed by atoms with van der Waals surface area (Å²) in [4.78, 5) is 21.6. The summed E-state index contributed by atoms with van der Waals surface area (Å²) in [6, 6.07) is 3.74. The molecule has 2 saturated heterocycles. The minimum Gasteiger partial charge on any atom is -0.393 e. The molecule has 1 aromatic rings. The summed E-state index contributed by atoms with van der Waals surface area (Å²) < 4.78 is 0. The van der Waals surface area contributed by atoms with Crippen molar-refractivity contribution in [2.75, 3.05) is 31.1 Å². The number of rotatable bonds is 3. The Labute approximate surface area is 138 Å². The smallest absolute Gasteiger partial charge is 0.257 e. The van der Waals surface area contributed by atoms with Crippen molar-refractivity contribution in [2.45, 2.75) is 45.1 Å². The lowest BCUT2D eigenvalue weighted by molar-refractivity contribution is 0.0466. The van der Waals surface area contributed by atoms with Gasteiger partial charge in [0.2, 0.25) is 0 Å². The fourth-order valence-electron chi connectivity index (χ4n) is 3.68. The average molecular weight is 317 g/mol. The molecule has 3 heterocycles. The Morgan fingerprint density at radius 3 is 2.78 bits per heavy atom. The van der Waals surface area contributed by atoms with Gasteiger partial charge in [-0.05, 0) is 51.2 Å². The zero-order valence-corrected chi connectivity index (χ0v) is 13.9. The van der Waals surface area contributed by atoms with Crippen LogP contribution in [0, 0.1) is 5.92 Å².